The third kappa shape index (κ3) is 3.42. The Balaban J connectivity index is 1.68. The standard InChI is InChI=1S/C21H30N4O3/c1-13-3-5-14(6-4-13)23-21(26)17-11-20(25(27)28)18(22-2)12-19(17)24-15-7-8-16(24)10-9-15/h11-16,22H,3-10H2,1-2H3,(H,23,26)/t13-,14-,15?,16?. The zero-order chi connectivity index (χ0) is 19.8. The largest absolute Gasteiger partial charge is 0.383 e. The van der Waals surface area contributed by atoms with E-state index in [4.69, 9.17) is 0 Å². The zero-order valence-corrected chi connectivity index (χ0v) is 16.7. The van der Waals surface area contributed by atoms with Gasteiger partial charge in [-0.25, -0.2) is 0 Å². The summed E-state index contributed by atoms with van der Waals surface area (Å²) < 4.78 is 0. The molecule has 0 atom stereocenters. The van der Waals surface area contributed by atoms with E-state index in [9.17, 15) is 14.9 Å². The van der Waals surface area contributed by atoms with Gasteiger partial charge < -0.3 is 15.5 Å². The Bertz CT molecular complexity index is 753. The number of amides is 1. The van der Waals surface area contributed by atoms with Crippen LogP contribution in [0.3, 0.4) is 0 Å². The van der Waals surface area contributed by atoms with Crippen molar-refractivity contribution in [3.8, 4) is 0 Å². The fraction of sp³-hybridized carbons (Fsp3) is 0.667. The minimum atomic E-state index is -0.409. The SMILES string of the molecule is CNc1cc(N2C3CCC2CC3)c(C(=O)N[C@H]2CC[C@H](C)CC2)cc1[N+](=O)[O-]. The van der Waals surface area contributed by atoms with E-state index in [1.54, 1.807) is 7.05 Å². The van der Waals surface area contributed by atoms with Crippen LogP contribution in [0.4, 0.5) is 17.1 Å². The lowest BCUT2D eigenvalue weighted by atomic mass is 9.87. The monoisotopic (exact) mass is 386 g/mol. The Morgan fingerprint density at radius 2 is 1.68 bits per heavy atom. The number of nitro benzene ring substituents is 1. The van der Waals surface area contributed by atoms with Gasteiger partial charge in [0.1, 0.15) is 5.69 Å². The van der Waals surface area contributed by atoms with Gasteiger partial charge in [0.05, 0.1) is 16.2 Å². The zero-order valence-electron chi connectivity index (χ0n) is 16.7. The minimum absolute atomic E-state index is 0.0415. The first-order valence-electron chi connectivity index (χ1n) is 10.6. The molecular weight excluding hydrogens is 356 g/mol. The number of fused-ring (bicyclic) bond motifs is 2. The Morgan fingerprint density at radius 1 is 1.07 bits per heavy atom. The number of anilines is 2. The second-order valence-electron chi connectivity index (χ2n) is 8.69. The number of nitrogens with one attached hydrogen (secondary N) is 2. The van der Waals surface area contributed by atoms with Gasteiger partial charge >= 0.3 is 0 Å². The number of benzene rings is 1. The quantitative estimate of drug-likeness (QED) is 0.588. The van der Waals surface area contributed by atoms with Crippen LogP contribution in [0, 0.1) is 16.0 Å². The van der Waals surface area contributed by atoms with Crippen molar-refractivity contribution in [1.29, 1.82) is 0 Å². The molecule has 7 heteroatoms. The normalized spacial score (nSPS) is 29.0. The topological polar surface area (TPSA) is 87.5 Å². The van der Waals surface area contributed by atoms with Gasteiger partial charge in [-0.1, -0.05) is 6.92 Å². The van der Waals surface area contributed by atoms with Crippen molar-refractivity contribution < 1.29 is 9.72 Å². The van der Waals surface area contributed by atoms with Crippen molar-refractivity contribution in [2.45, 2.75) is 76.4 Å². The molecule has 1 aromatic carbocycles. The van der Waals surface area contributed by atoms with Crippen LogP contribution in [0.25, 0.3) is 0 Å². The maximum atomic E-state index is 13.2. The molecular formula is C21H30N4O3. The van der Waals surface area contributed by atoms with Crippen molar-refractivity contribution in [1.82, 2.24) is 5.32 Å². The molecule has 0 radical (unpaired) electrons. The highest BCUT2D eigenvalue weighted by Crippen LogP contribution is 2.44. The predicted octanol–water partition coefficient (Wildman–Crippen LogP) is 4.08. The Hall–Kier alpha value is -2.31. The first-order chi connectivity index (χ1) is 13.5. The molecule has 4 rings (SSSR count). The summed E-state index contributed by atoms with van der Waals surface area (Å²) >= 11 is 0. The van der Waals surface area contributed by atoms with Crippen molar-refractivity contribution in [2.75, 3.05) is 17.3 Å². The van der Waals surface area contributed by atoms with Crippen LogP contribution in [-0.2, 0) is 0 Å². The molecule has 1 aromatic rings. The van der Waals surface area contributed by atoms with Crippen molar-refractivity contribution >= 4 is 23.0 Å². The second-order valence-corrected chi connectivity index (χ2v) is 8.69. The van der Waals surface area contributed by atoms with E-state index in [1.165, 1.54) is 6.07 Å². The highest BCUT2D eigenvalue weighted by atomic mass is 16.6. The number of hydrogen-bond donors (Lipinski definition) is 2. The number of rotatable bonds is 5. The first kappa shape index (κ1) is 19.0. The van der Waals surface area contributed by atoms with Crippen LogP contribution in [0.15, 0.2) is 12.1 Å². The van der Waals surface area contributed by atoms with E-state index < -0.39 is 4.92 Å². The first-order valence-corrected chi connectivity index (χ1v) is 10.6. The lowest BCUT2D eigenvalue weighted by Crippen LogP contribution is -2.39. The smallest absolute Gasteiger partial charge is 0.293 e. The second kappa shape index (κ2) is 7.60. The predicted molar refractivity (Wildman–Crippen MR) is 110 cm³/mol. The van der Waals surface area contributed by atoms with Crippen molar-refractivity contribution in [3.63, 3.8) is 0 Å². The molecule has 3 aliphatic rings. The third-order valence-electron chi connectivity index (χ3n) is 6.91. The van der Waals surface area contributed by atoms with Gasteiger partial charge in [0.25, 0.3) is 11.6 Å². The number of nitrogens with zero attached hydrogens (tertiary/aromatic N) is 2. The summed E-state index contributed by atoms with van der Waals surface area (Å²) in [6.07, 6.45) is 8.74. The molecule has 2 heterocycles. The molecule has 2 saturated heterocycles. The Morgan fingerprint density at radius 3 is 2.21 bits per heavy atom. The molecule has 1 amide bonds. The molecule has 2 bridgehead atoms. The molecule has 3 fully saturated rings. The van der Waals surface area contributed by atoms with E-state index in [2.05, 4.69) is 22.5 Å². The van der Waals surface area contributed by atoms with E-state index in [1.807, 2.05) is 6.07 Å². The average molecular weight is 386 g/mol. The lowest BCUT2D eigenvalue weighted by Gasteiger charge is -2.30. The van der Waals surface area contributed by atoms with E-state index in [0.29, 0.717) is 29.3 Å². The average Bonchev–Trinajstić information content (AvgIpc) is 3.29. The molecule has 7 nitrogen and oxygen atoms in total. The summed E-state index contributed by atoms with van der Waals surface area (Å²) in [7, 11) is 1.69. The van der Waals surface area contributed by atoms with Crippen molar-refractivity contribution in [3.05, 3.63) is 27.8 Å². The highest BCUT2D eigenvalue weighted by Gasteiger charge is 2.41. The summed E-state index contributed by atoms with van der Waals surface area (Å²) in [5.41, 5.74) is 1.72. The molecule has 1 saturated carbocycles. The third-order valence-corrected chi connectivity index (χ3v) is 6.91. The number of carbonyl (C=O) groups is 1. The molecule has 2 aliphatic heterocycles. The van der Waals surface area contributed by atoms with Crippen LogP contribution in [0.2, 0.25) is 0 Å². The van der Waals surface area contributed by atoms with E-state index in [0.717, 1.165) is 57.1 Å². The van der Waals surface area contributed by atoms with E-state index >= 15 is 0 Å². The van der Waals surface area contributed by atoms with Gasteiger partial charge in [0, 0.05) is 31.2 Å². The van der Waals surface area contributed by atoms with Gasteiger partial charge in [-0.3, -0.25) is 14.9 Å². The minimum Gasteiger partial charge on any atom is -0.383 e. The molecule has 28 heavy (non-hydrogen) atoms. The molecule has 1 aliphatic carbocycles. The summed E-state index contributed by atoms with van der Waals surface area (Å²) in [5, 5.41) is 17.7. The summed E-state index contributed by atoms with van der Waals surface area (Å²) in [5.74, 6) is 0.534. The Labute approximate surface area is 166 Å². The molecule has 0 unspecified atom stereocenters. The van der Waals surface area contributed by atoms with Gasteiger partial charge in [-0.15, -0.1) is 0 Å². The van der Waals surface area contributed by atoms with Gasteiger partial charge in [-0.05, 0) is 63.4 Å². The van der Waals surface area contributed by atoms with Gasteiger partial charge in [0.15, 0.2) is 0 Å². The van der Waals surface area contributed by atoms with Crippen molar-refractivity contribution in [2.24, 2.45) is 5.92 Å². The van der Waals surface area contributed by atoms with Gasteiger partial charge in [-0.2, -0.15) is 0 Å². The van der Waals surface area contributed by atoms with Gasteiger partial charge in [0.2, 0.25) is 0 Å². The summed E-state index contributed by atoms with van der Waals surface area (Å²) in [4.78, 5) is 26.7. The number of carbonyl (C=O) groups excluding carboxylic acids is 1. The number of nitro groups is 1. The Kier molecular flexibility index (Phi) is 5.17. The van der Waals surface area contributed by atoms with Crippen LogP contribution in [-0.4, -0.2) is 36.0 Å². The molecule has 152 valence electrons. The van der Waals surface area contributed by atoms with E-state index in [-0.39, 0.29) is 17.6 Å². The number of hydrogen-bond acceptors (Lipinski definition) is 5. The summed E-state index contributed by atoms with van der Waals surface area (Å²) in [6.45, 7) is 2.25. The van der Waals surface area contributed by atoms with Crippen LogP contribution >= 0.6 is 0 Å². The van der Waals surface area contributed by atoms with Crippen LogP contribution in [0.1, 0.15) is 68.6 Å². The molecule has 0 spiro atoms. The highest BCUT2D eigenvalue weighted by molar-refractivity contribution is 6.02. The van der Waals surface area contributed by atoms with Crippen LogP contribution < -0.4 is 15.5 Å². The maximum absolute atomic E-state index is 13.2. The van der Waals surface area contributed by atoms with Crippen LogP contribution in [0.5, 0.6) is 0 Å². The fourth-order valence-electron chi connectivity index (χ4n) is 5.30. The summed E-state index contributed by atoms with van der Waals surface area (Å²) in [6, 6.07) is 4.33. The lowest BCUT2D eigenvalue weighted by molar-refractivity contribution is -0.383. The molecule has 2 N–H and O–H groups in total. The fourth-order valence-corrected chi connectivity index (χ4v) is 5.30. The maximum Gasteiger partial charge on any atom is 0.293 e. The molecule has 0 aromatic heterocycles.